The van der Waals surface area contributed by atoms with Gasteiger partial charge in [-0.15, -0.1) is 0 Å². The average molecular weight is 233 g/mol. The number of imidazole rings is 1. The Morgan fingerprint density at radius 3 is 2.65 bits per heavy atom. The number of amides is 1. The number of aryl methyl sites for hydroxylation is 2. The number of aromatic hydroxyl groups is 1. The molecule has 0 spiro atoms. The fourth-order valence-corrected chi connectivity index (χ4v) is 1.83. The summed E-state index contributed by atoms with van der Waals surface area (Å²) in [6.45, 7) is 1.85. The molecule has 5 heteroatoms. The summed E-state index contributed by atoms with van der Waals surface area (Å²) in [5.74, 6) is 0.728. The monoisotopic (exact) mass is 233 g/mol. The third-order valence-corrected chi connectivity index (χ3v) is 2.83. The number of carbonyl (C=O) groups is 1. The zero-order valence-electron chi connectivity index (χ0n) is 10.4. The first-order chi connectivity index (χ1) is 7.91. The molecule has 1 aromatic carbocycles. The lowest BCUT2D eigenvalue weighted by Gasteiger charge is -2.10. The number of benzene rings is 1. The second-order valence-corrected chi connectivity index (χ2v) is 4.28. The Kier molecular flexibility index (Phi) is 2.53. The molecule has 0 atom stereocenters. The van der Waals surface area contributed by atoms with Gasteiger partial charge >= 0.3 is 0 Å². The highest BCUT2D eigenvalue weighted by atomic mass is 16.3. The van der Waals surface area contributed by atoms with Gasteiger partial charge in [0.1, 0.15) is 17.1 Å². The third kappa shape index (κ3) is 1.73. The number of carbonyl (C=O) groups excluding carboxylic acids is 1. The van der Waals surface area contributed by atoms with Crippen LogP contribution >= 0.6 is 0 Å². The molecule has 0 aliphatic heterocycles. The Balaban J connectivity index is 2.68. The van der Waals surface area contributed by atoms with E-state index in [-0.39, 0.29) is 11.7 Å². The molecule has 2 rings (SSSR count). The van der Waals surface area contributed by atoms with Gasteiger partial charge in [0, 0.05) is 26.7 Å². The lowest BCUT2D eigenvalue weighted by Crippen LogP contribution is -2.21. The van der Waals surface area contributed by atoms with Crippen LogP contribution in [0.2, 0.25) is 0 Å². The van der Waals surface area contributed by atoms with Crippen LogP contribution in [0, 0.1) is 6.92 Å². The maximum Gasteiger partial charge on any atom is 0.253 e. The quantitative estimate of drug-likeness (QED) is 0.807. The van der Waals surface area contributed by atoms with E-state index in [2.05, 4.69) is 4.98 Å². The molecule has 1 amide bonds. The van der Waals surface area contributed by atoms with Gasteiger partial charge in [-0.05, 0) is 19.1 Å². The number of rotatable bonds is 1. The van der Waals surface area contributed by atoms with Gasteiger partial charge in [0.15, 0.2) is 0 Å². The van der Waals surface area contributed by atoms with Gasteiger partial charge < -0.3 is 14.6 Å². The van der Waals surface area contributed by atoms with Gasteiger partial charge in [0.2, 0.25) is 0 Å². The summed E-state index contributed by atoms with van der Waals surface area (Å²) in [4.78, 5) is 17.6. The maximum absolute atomic E-state index is 11.8. The molecule has 90 valence electrons. The molecule has 1 heterocycles. The van der Waals surface area contributed by atoms with E-state index < -0.39 is 0 Å². The summed E-state index contributed by atoms with van der Waals surface area (Å²) in [7, 11) is 5.18. The second-order valence-electron chi connectivity index (χ2n) is 4.28. The minimum atomic E-state index is -0.148. The number of fused-ring (bicyclic) bond motifs is 1. The summed E-state index contributed by atoms with van der Waals surface area (Å²) >= 11 is 0. The van der Waals surface area contributed by atoms with Crippen molar-refractivity contribution in [1.29, 1.82) is 0 Å². The van der Waals surface area contributed by atoms with Crippen molar-refractivity contribution in [2.24, 2.45) is 7.05 Å². The lowest BCUT2D eigenvalue weighted by atomic mass is 10.1. The van der Waals surface area contributed by atoms with E-state index in [4.69, 9.17) is 0 Å². The molecule has 0 saturated carbocycles. The van der Waals surface area contributed by atoms with E-state index in [1.165, 1.54) is 11.0 Å². The number of hydrogen-bond donors (Lipinski definition) is 1. The van der Waals surface area contributed by atoms with Crippen LogP contribution in [-0.4, -0.2) is 39.6 Å². The minimum absolute atomic E-state index is 0.0794. The molecule has 1 N–H and O–H groups in total. The van der Waals surface area contributed by atoms with Crippen LogP contribution in [-0.2, 0) is 7.05 Å². The van der Waals surface area contributed by atoms with E-state index in [1.807, 2.05) is 14.0 Å². The number of hydrogen-bond acceptors (Lipinski definition) is 3. The van der Waals surface area contributed by atoms with Gasteiger partial charge in [0.05, 0.1) is 5.52 Å². The average Bonchev–Trinajstić information content (AvgIpc) is 2.53. The zero-order chi connectivity index (χ0) is 12.7. The number of nitrogens with zero attached hydrogens (tertiary/aromatic N) is 3. The molecule has 0 saturated heterocycles. The Labute approximate surface area is 99.3 Å². The predicted octanol–water partition coefficient (Wildman–Crippen LogP) is 1.29. The number of phenolic OH excluding ortho intramolecular Hbond substituents is 1. The Morgan fingerprint density at radius 1 is 1.41 bits per heavy atom. The maximum atomic E-state index is 11.8. The molecule has 0 aliphatic carbocycles. The van der Waals surface area contributed by atoms with Crippen molar-refractivity contribution >= 4 is 16.9 Å². The third-order valence-electron chi connectivity index (χ3n) is 2.83. The topological polar surface area (TPSA) is 58.4 Å². The SMILES string of the molecule is Cc1nc2cc(C(=O)N(C)C)cc(O)c2n1C. The largest absolute Gasteiger partial charge is 0.506 e. The Bertz CT molecular complexity index is 599. The fraction of sp³-hybridized carbons (Fsp3) is 0.333. The van der Waals surface area contributed by atoms with Crippen molar-refractivity contribution in [3.05, 3.63) is 23.5 Å². The second kappa shape index (κ2) is 3.76. The van der Waals surface area contributed by atoms with E-state index >= 15 is 0 Å². The minimum Gasteiger partial charge on any atom is -0.506 e. The predicted molar refractivity (Wildman–Crippen MR) is 65.1 cm³/mol. The molecule has 0 radical (unpaired) electrons. The van der Waals surface area contributed by atoms with E-state index in [0.717, 1.165) is 5.82 Å². The summed E-state index contributed by atoms with van der Waals surface area (Å²) < 4.78 is 1.80. The van der Waals surface area contributed by atoms with Crippen molar-refractivity contribution in [1.82, 2.24) is 14.5 Å². The van der Waals surface area contributed by atoms with Gasteiger partial charge in [-0.3, -0.25) is 4.79 Å². The van der Waals surface area contributed by atoms with Crippen LogP contribution in [0.1, 0.15) is 16.2 Å². The molecule has 1 aromatic heterocycles. The van der Waals surface area contributed by atoms with Crippen LogP contribution in [0.3, 0.4) is 0 Å². The highest BCUT2D eigenvalue weighted by Gasteiger charge is 2.15. The first kappa shape index (κ1) is 11.4. The molecular formula is C12H15N3O2. The van der Waals surface area contributed by atoms with E-state index in [0.29, 0.717) is 16.6 Å². The number of aromatic nitrogens is 2. The number of phenols is 1. The first-order valence-electron chi connectivity index (χ1n) is 5.29. The van der Waals surface area contributed by atoms with Crippen molar-refractivity contribution in [3.8, 4) is 5.75 Å². The highest BCUT2D eigenvalue weighted by molar-refractivity contribution is 5.99. The van der Waals surface area contributed by atoms with Crippen molar-refractivity contribution in [3.63, 3.8) is 0 Å². The molecule has 0 unspecified atom stereocenters. The van der Waals surface area contributed by atoms with Crippen LogP contribution in [0.25, 0.3) is 11.0 Å². The van der Waals surface area contributed by atoms with E-state index in [1.54, 1.807) is 24.7 Å². The normalized spacial score (nSPS) is 10.8. The molecule has 5 nitrogen and oxygen atoms in total. The Hall–Kier alpha value is -2.04. The highest BCUT2D eigenvalue weighted by Crippen LogP contribution is 2.27. The lowest BCUT2D eigenvalue weighted by molar-refractivity contribution is 0.0827. The summed E-state index contributed by atoms with van der Waals surface area (Å²) in [6, 6.07) is 3.18. The van der Waals surface area contributed by atoms with Crippen LogP contribution in [0.15, 0.2) is 12.1 Å². The summed E-state index contributed by atoms with van der Waals surface area (Å²) in [6.07, 6.45) is 0. The molecule has 2 aromatic rings. The smallest absolute Gasteiger partial charge is 0.253 e. The summed E-state index contributed by atoms with van der Waals surface area (Å²) in [5, 5.41) is 9.95. The standard InChI is InChI=1S/C12H15N3O2/c1-7-13-9-5-8(12(17)14(2)3)6-10(16)11(9)15(7)4/h5-6,16H,1-4H3. The molecular weight excluding hydrogens is 218 g/mol. The first-order valence-corrected chi connectivity index (χ1v) is 5.29. The van der Waals surface area contributed by atoms with Crippen LogP contribution < -0.4 is 0 Å². The fourth-order valence-electron chi connectivity index (χ4n) is 1.83. The molecule has 0 aliphatic rings. The van der Waals surface area contributed by atoms with Gasteiger partial charge in [-0.2, -0.15) is 0 Å². The van der Waals surface area contributed by atoms with Gasteiger partial charge in [0.25, 0.3) is 5.91 Å². The van der Waals surface area contributed by atoms with Crippen LogP contribution in [0.4, 0.5) is 0 Å². The van der Waals surface area contributed by atoms with Gasteiger partial charge in [-0.1, -0.05) is 0 Å². The summed E-state index contributed by atoms with van der Waals surface area (Å²) in [5.41, 5.74) is 1.73. The van der Waals surface area contributed by atoms with Gasteiger partial charge in [-0.25, -0.2) is 4.98 Å². The van der Waals surface area contributed by atoms with Crippen LogP contribution in [0.5, 0.6) is 5.75 Å². The van der Waals surface area contributed by atoms with E-state index in [9.17, 15) is 9.90 Å². The Morgan fingerprint density at radius 2 is 2.06 bits per heavy atom. The zero-order valence-corrected chi connectivity index (χ0v) is 10.4. The van der Waals surface area contributed by atoms with Crippen molar-refractivity contribution in [2.45, 2.75) is 6.92 Å². The molecule has 0 bridgehead atoms. The van der Waals surface area contributed by atoms with Crippen molar-refractivity contribution < 1.29 is 9.90 Å². The molecule has 17 heavy (non-hydrogen) atoms. The molecule has 0 fully saturated rings. The van der Waals surface area contributed by atoms with Crippen molar-refractivity contribution in [2.75, 3.05) is 14.1 Å².